The van der Waals surface area contributed by atoms with Crippen LogP contribution in [0.5, 0.6) is 0 Å². The maximum atomic E-state index is 12.1. The Kier molecular flexibility index (Phi) is 5.73. The van der Waals surface area contributed by atoms with E-state index >= 15 is 0 Å². The molecule has 1 unspecified atom stereocenters. The van der Waals surface area contributed by atoms with Crippen LogP contribution in [0.25, 0.3) is 0 Å². The van der Waals surface area contributed by atoms with Gasteiger partial charge in [0.25, 0.3) is 0 Å². The van der Waals surface area contributed by atoms with Crippen molar-refractivity contribution in [3.63, 3.8) is 0 Å². The summed E-state index contributed by atoms with van der Waals surface area (Å²) >= 11 is 0. The number of carbonyl (C=O) groups is 2. The third-order valence-electron chi connectivity index (χ3n) is 3.19. The maximum absolute atomic E-state index is 12.1. The van der Waals surface area contributed by atoms with Gasteiger partial charge in [-0.25, -0.2) is 0 Å². The molecule has 0 saturated carbocycles. The minimum Gasteiger partial charge on any atom is -0.359 e. The zero-order valence-corrected chi connectivity index (χ0v) is 12.6. The molecule has 1 atom stereocenters. The molecule has 1 aromatic rings. The molecule has 2 N–H and O–H groups in total. The average molecular weight is 280 g/mol. The third-order valence-corrected chi connectivity index (χ3v) is 3.19. The van der Waals surface area contributed by atoms with Crippen LogP contribution in [0, 0.1) is 5.92 Å². The second-order valence-corrected chi connectivity index (χ2v) is 5.68. The van der Waals surface area contributed by atoms with Crippen molar-refractivity contribution < 1.29 is 9.59 Å². The first kappa shape index (κ1) is 16.2. The largest absolute Gasteiger partial charge is 0.359 e. The van der Waals surface area contributed by atoms with Crippen molar-refractivity contribution in [2.45, 2.75) is 45.7 Å². The number of nitrogens with zero attached hydrogens (tertiary/aromatic N) is 2. The normalized spacial score (nSPS) is 12.8. The Morgan fingerprint density at radius 2 is 2.10 bits per heavy atom. The molecule has 0 spiro atoms. The quantitative estimate of drug-likeness (QED) is 0.780. The smallest absolute Gasteiger partial charge is 0.225 e. The number of rotatable bonds is 7. The number of aromatic nitrogens is 2. The van der Waals surface area contributed by atoms with E-state index < -0.39 is 5.54 Å². The van der Waals surface area contributed by atoms with E-state index in [1.165, 1.54) is 0 Å². The van der Waals surface area contributed by atoms with Gasteiger partial charge in [-0.3, -0.25) is 14.3 Å². The third kappa shape index (κ3) is 5.42. The fraction of sp³-hybridized carbons (Fsp3) is 0.643. The van der Waals surface area contributed by atoms with Crippen LogP contribution in [0.15, 0.2) is 18.5 Å². The number of nitrogens with one attached hydrogen (secondary N) is 2. The highest BCUT2D eigenvalue weighted by molar-refractivity contribution is 5.79. The molecule has 0 aliphatic rings. The molecule has 0 aliphatic carbocycles. The summed E-state index contributed by atoms with van der Waals surface area (Å²) in [5.74, 6) is -0.214. The molecule has 0 saturated heterocycles. The Hall–Kier alpha value is -1.85. The average Bonchev–Trinajstić information content (AvgIpc) is 2.88. The molecule has 0 aliphatic heterocycles. The van der Waals surface area contributed by atoms with Gasteiger partial charge in [0.15, 0.2) is 0 Å². The molecule has 0 bridgehead atoms. The number of hydrogen-bond donors (Lipinski definition) is 2. The van der Waals surface area contributed by atoms with Crippen molar-refractivity contribution >= 4 is 11.8 Å². The zero-order chi connectivity index (χ0) is 15.2. The van der Waals surface area contributed by atoms with Gasteiger partial charge in [-0.2, -0.15) is 5.10 Å². The predicted octanol–water partition coefficient (Wildman–Crippen LogP) is 0.940. The lowest BCUT2D eigenvalue weighted by Crippen LogP contribution is -2.46. The zero-order valence-electron chi connectivity index (χ0n) is 12.6. The van der Waals surface area contributed by atoms with Gasteiger partial charge in [0, 0.05) is 31.4 Å². The molecule has 2 amide bonds. The molecular formula is C14H24N4O2. The van der Waals surface area contributed by atoms with Gasteiger partial charge in [0.05, 0.1) is 12.5 Å². The summed E-state index contributed by atoms with van der Waals surface area (Å²) in [5, 5.41) is 9.66. The summed E-state index contributed by atoms with van der Waals surface area (Å²) in [6.07, 6.45) is 4.53. The number of amides is 2. The van der Waals surface area contributed by atoms with E-state index in [2.05, 4.69) is 15.7 Å². The summed E-state index contributed by atoms with van der Waals surface area (Å²) in [5.41, 5.74) is -0.401. The Morgan fingerprint density at radius 1 is 1.40 bits per heavy atom. The first-order chi connectivity index (χ1) is 9.34. The van der Waals surface area contributed by atoms with Gasteiger partial charge in [0.2, 0.25) is 11.8 Å². The van der Waals surface area contributed by atoms with Crippen LogP contribution in [0.4, 0.5) is 0 Å². The highest BCUT2D eigenvalue weighted by atomic mass is 16.2. The highest BCUT2D eigenvalue weighted by Gasteiger charge is 2.24. The first-order valence-electron chi connectivity index (χ1n) is 6.84. The van der Waals surface area contributed by atoms with Gasteiger partial charge in [-0.1, -0.05) is 6.92 Å². The summed E-state index contributed by atoms with van der Waals surface area (Å²) in [4.78, 5) is 23.4. The molecule has 1 aromatic heterocycles. The monoisotopic (exact) mass is 280 g/mol. The molecule has 0 fully saturated rings. The van der Waals surface area contributed by atoms with E-state index in [0.29, 0.717) is 19.4 Å². The molecule has 0 radical (unpaired) electrons. The molecule has 1 rings (SSSR count). The van der Waals surface area contributed by atoms with Crippen molar-refractivity contribution in [1.29, 1.82) is 0 Å². The van der Waals surface area contributed by atoms with Crippen LogP contribution in [0.3, 0.4) is 0 Å². The summed E-state index contributed by atoms with van der Waals surface area (Å²) < 4.78 is 1.74. The lowest BCUT2D eigenvalue weighted by Gasteiger charge is -2.27. The van der Waals surface area contributed by atoms with Crippen LogP contribution < -0.4 is 10.6 Å². The Bertz CT molecular complexity index is 440. The van der Waals surface area contributed by atoms with Crippen molar-refractivity contribution in [1.82, 2.24) is 20.4 Å². The Balaban J connectivity index is 2.44. The van der Waals surface area contributed by atoms with Gasteiger partial charge in [-0.05, 0) is 26.3 Å². The minimum absolute atomic E-state index is 0.0167. The van der Waals surface area contributed by atoms with Crippen LogP contribution in [0.1, 0.15) is 33.6 Å². The lowest BCUT2D eigenvalue weighted by atomic mass is 9.97. The van der Waals surface area contributed by atoms with E-state index in [-0.39, 0.29) is 17.7 Å². The number of hydrogen-bond acceptors (Lipinski definition) is 3. The van der Waals surface area contributed by atoms with E-state index in [0.717, 1.165) is 0 Å². The van der Waals surface area contributed by atoms with E-state index in [9.17, 15) is 9.59 Å². The van der Waals surface area contributed by atoms with Crippen LogP contribution in [0.2, 0.25) is 0 Å². The second kappa shape index (κ2) is 7.07. The summed E-state index contributed by atoms with van der Waals surface area (Å²) in [7, 11) is 1.61. The summed E-state index contributed by atoms with van der Waals surface area (Å²) in [6, 6.07) is 1.83. The molecule has 112 valence electrons. The van der Waals surface area contributed by atoms with E-state index in [1.54, 1.807) is 17.9 Å². The molecule has 6 heteroatoms. The topological polar surface area (TPSA) is 76.0 Å². The van der Waals surface area contributed by atoms with Crippen molar-refractivity contribution in [2.24, 2.45) is 5.92 Å². The summed E-state index contributed by atoms with van der Waals surface area (Å²) in [6.45, 7) is 6.26. The van der Waals surface area contributed by atoms with Crippen LogP contribution in [-0.4, -0.2) is 34.2 Å². The fourth-order valence-corrected chi connectivity index (χ4v) is 1.84. The van der Waals surface area contributed by atoms with E-state index in [1.807, 2.05) is 33.0 Å². The van der Waals surface area contributed by atoms with Crippen molar-refractivity contribution in [3.8, 4) is 0 Å². The SMILES string of the molecule is CNC(=O)CCC(C)(C)NC(=O)C(C)Cn1cccn1. The lowest BCUT2D eigenvalue weighted by molar-refractivity contribution is -0.127. The fourth-order valence-electron chi connectivity index (χ4n) is 1.84. The first-order valence-corrected chi connectivity index (χ1v) is 6.84. The van der Waals surface area contributed by atoms with Gasteiger partial charge < -0.3 is 10.6 Å². The van der Waals surface area contributed by atoms with Gasteiger partial charge in [0.1, 0.15) is 0 Å². The second-order valence-electron chi connectivity index (χ2n) is 5.68. The van der Waals surface area contributed by atoms with Crippen molar-refractivity contribution in [3.05, 3.63) is 18.5 Å². The molecular weight excluding hydrogens is 256 g/mol. The molecule has 0 aromatic carbocycles. The van der Waals surface area contributed by atoms with Crippen LogP contribution in [-0.2, 0) is 16.1 Å². The molecule has 20 heavy (non-hydrogen) atoms. The van der Waals surface area contributed by atoms with Gasteiger partial charge >= 0.3 is 0 Å². The highest BCUT2D eigenvalue weighted by Crippen LogP contribution is 2.13. The standard InChI is InChI=1S/C14H24N4O2/c1-11(10-18-9-5-8-16-18)13(20)17-14(2,3)7-6-12(19)15-4/h5,8-9,11H,6-7,10H2,1-4H3,(H,15,19)(H,17,20). The maximum Gasteiger partial charge on any atom is 0.225 e. The molecule has 1 heterocycles. The van der Waals surface area contributed by atoms with Crippen LogP contribution >= 0.6 is 0 Å². The predicted molar refractivity (Wildman–Crippen MR) is 76.9 cm³/mol. The van der Waals surface area contributed by atoms with Crippen molar-refractivity contribution in [2.75, 3.05) is 7.05 Å². The Labute approximate surface area is 119 Å². The number of carbonyl (C=O) groups excluding carboxylic acids is 2. The Morgan fingerprint density at radius 3 is 2.65 bits per heavy atom. The molecule has 6 nitrogen and oxygen atoms in total. The van der Waals surface area contributed by atoms with Gasteiger partial charge in [-0.15, -0.1) is 0 Å². The minimum atomic E-state index is -0.401. The van der Waals surface area contributed by atoms with E-state index in [4.69, 9.17) is 0 Å².